The fourth-order valence-corrected chi connectivity index (χ4v) is 1.31. The number of nitrogens with one attached hydrogen (secondary N) is 1. The molecule has 1 atom stereocenters. The molecule has 0 saturated carbocycles. The lowest BCUT2D eigenvalue weighted by Gasteiger charge is -2.10. The van der Waals surface area contributed by atoms with E-state index in [1.165, 1.54) is 5.69 Å². The molecule has 1 unspecified atom stereocenters. The Morgan fingerprint density at radius 1 is 1.64 bits per heavy atom. The molecule has 1 heterocycles. The number of hydrogen-bond donors (Lipinski definition) is 2. The van der Waals surface area contributed by atoms with Gasteiger partial charge in [-0.3, -0.25) is 4.68 Å². The Hall–Kier alpha value is -0.870. The van der Waals surface area contributed by atoms with E-state index in [-0.39, 0.29) is 6.61 Å². The van der Waals surface area contributed by atoms with Crippen molar-refractivity contribution in [3.63, 3.8) is 0 Å². The lowest BCUT2D eigenvalue weighted by molar-refractivity contribution is 0.233. The average Bonchev–Trinajstić information content (AvgIpc) is 2.65. The summed E-state index contributed by atoms with van der Waals surface area (Å²) in [6, 6.07) is 2.01. The van der Waals surface area contributed by atoms with Crippen molar-refractivity contribution in [3.05, 3.63) is 18.0 Å². The standard InChI is InChI=1S/C10H19N3O/c1-3-13-10(4-5-12-13)7-11-6-9(2)8-14/h4-5,9,11,14H,3,6-8H2,1-2H3. The monoisotopic (exact) mass is 197 g/mol. The number of hydrogen-bond acceptors (Lipinski definition) is 3. The van der Waals surface area contributed by atoms with Gasteiger partial charge in [0.15, 0.2) is 0 Å². The van der Waals surface area contributed by atoms with Crippen LogP contribution in [-0.2, 0) is 13.1 Å². The highest BCUT2D eigenvalue weighted by Gasteiger charge is 2.02. The summed E-state index contributed by atoms with van der Waals surface area (Å²) in [4.78, 5) is 0. The van der Waals surface area contributed by atoms with Crippen LogP contribution in [0.2, 0.25) is 0 Å². The van der Waals surface area contributed by atoms with E-state index in [2.05, 4.69) is 17.3 Å². The van der Waals surface area contributed by atoms with Crippen LogP contribution in [-0.4, -0.2) is 28.0 Å². The zero-order valence-electron chi connectivity index (χ0n) is 8.90. The maximum absolute atomic E-state index is 8.84. The molecule has 0 saturated heterocycles. The fourth-order valence-electron chi connectivity index (χ4n) is 1.31. The first-order chi connectivity index (χ1) is 6.77. The van der Waals surface area contributed by atoms with Crippen LogP contribution in [0, 0.1) is 5.92 Å². The molecular weight excluding hydrogens is 178 g/mol. The van der Waals surface area contributed by atoms with Crippen molar-refractivity contribution in [1.29, 1.82) is 0 Å². The smallest absolute Gasteiger partial charge is 0.0521 e. The van der Waals surface area contributed by atoms with Gasteiger partial charge in [-0.15, -0.1) is 0 Å². The minimum absolute atomic E-state index is 0.236. The number of rotatable bonds is 6. The van der Waals surface area contributed by atoms with Gasteiger partial charge in [-0.05, 0) is 18.9 Å². The molecule has 0 amide bonds. The summed E-state index contributed by atoms with van der Waals surface area (Å²) in [5, 5.41) is 16.3. The van der Waals surface area contributed by atoms with E-state index >= 15 is 0 Å². The predicted octanol–water partition coefficient (Wildman–Crippen LogP) is 0.621. The van der Waals surface area contributed by atoms with Crippen molar-refractivity contribution in [2.24, 2.45) is 5.92 Å². The van der Waals surface area contributed by atoms with Gasteiger partial charge < -0.3 is 10.4 Å². The van der Waals surface area contributed by atoms with Gasteiger partial charge in [0.05, 0.1) is 5.69 Å². The third kappa shape index (κ3) is 3.12. The summed E-state index contributed by atoms with van der Waals surface area (Å²) in [7, 11) is 0. The first kappa shape index (κ1) is 11.2. The van der Waals surface area contributed by atoms with Gasteiger partial charge in [0.2, 0.25) is 0 Å². The third-order valence-electron chi connectivity index (χ3n) is 2.21. The SMILES string of the molecule is CCn1nccc1CNCC(C)CO. The highest BCUT2D eigenvalue weighted by atomic mass is 16.3. The topological polar surface area (TPSA) is 50.1 Å². The zero-order chi connectivity index (χ0) is 10.4. The van der Waals surface area contributed by atoms with Gasteiger partial charge in [0.1, 0.15) is 0 Å². The molecule has 14 heavy (non-hydrogen) atoms. The minimum Gasteiger partial charge on any atom is -0.396 e. The third-order valence-corrected chi connectivity index (χ3v) is 2.21. The first-order valence-corrected chi connectivity index (χ1v) is 5.10. The predicted molar refractivity (Wildman–Crippen MR) is 55.9 cm³/mol. The van der Waals surface area contributed by atoms with Crippen LogP contribution < -0.4 is 5.32 Å². The molecule has 0 bridgehead atoms. The molecule has 4 heteroatoms. The van der Waals surface area contributed by atoms with E-state index in [9.17, 15) is 0 Å². The maximum atomic E-state index is 8.84. The molecule has 0 aliphatic rings. The quantitative estimate of drug-likeness (QED) is 0.703. The summed E-state index contributed by atoms with van der Waals surface area (Å²) in [5.74, 6) is 0.313. The van der Waals surface area contributed by atoms with E-state index in [0.29, 0.717) is 5.92 Å². The second-order valence-electron chi connectivity index (χ2n) is 3.56. The van der Waals surface area contributed by atoms with Gasteiger partial charge in [-0.2, -0.15) is 5.10 Å². The highest BCUT2D eigenvalue weighted by molar-refractivity contribution is 4.99. The second kappa shape index (κ2) is 5.78. The highest BCUT2D eigenvalue weighted by Crippen LogP contribution is 1.98. The van der Waals surface area contributed by atoms with Crippen molar-refractivity contribution >= 4 is 0 Å². The van der Waals surface area contributed by atoms with Crippen molar-refractivity contribution in [2.75, 3.05) is 13.2 Å². The number of aliphatic hydroxyl groups is 1. The van der Waals surface area contributed by atoms with Gasteiger partial charge >= 0.3 is 0 Å². The molecule has 0 aliphatic heterocycles. The molecule has 1 aromatic heterocycles. The van der Waals surface area contributed by atoms with Gasteiger partial charge in [-0.25, -0.2) is 0 Å². The number of aliphatic hydroxyl groups excluding tert-OH is 1. The first-order valence-electron chi connectivity index (χ1n) is 5.10. The summed E-state index contributed by atoms with van der Waals surface area (Å²) in [6.45, 7) is 6.89. The van der Waals surface area contributed by atoms with Crippen LogP contribution >= 0.6 is 0 Å². The summed E-state index contributed by atoms with van der Waals surface area (Å²) < 4.78 is 1.97. The van der Waals surface area contributed by atoms with Gasteiger partial charge in [0.25, 0.3) is 0 Å². The molecule has 0 radical (unpaired) electrons. The Labute approximate surface area is 84.9 Å². The number of aromatic nitrogens is 2. The van der Waals surface area contributed by atoms with E-state index in [4.69, 9.17) is 5.11 Å². The van der Waals surface area contributed by atoms with Crippen molar-refractivity contribution in [2.45, 2.75) is 26.9 Å². The molecule has 0 aliphatic carbocycles. The van der Waals surface area contributed by atoms with Crippen molar-refractivity contribution < 1.29 is 5.11 Å². The van der Waals surface area contributed by atoms with Crippen molar-refractivity contribution in [3.8, 4) is 0 Å². The van der Waals surface area contributed by atoms with E-state index in [1.54, 1.807) is 0 Å². The molecule has 0 fully saturated rings. The van der Waals surface area contributed by atoms with Crippen LogP contribution in [0.5, 0.6) is 0 Å². The molecule has 0 spiro atoms. The molecule has 80 valence electrons. The molecule has 1 rings (SSSR count). The molecular formula is C10H19N3O. The van der Waals surface area contributed by atoms with E-state index < -0.39 is 0 Å². The van der Waals surface area contributed by atoms with Crippen molar-refractivity contribution in [1.82, 2.24) is 15.1 Å². The van der Waals surface area contributed by atoms with Gasteiger partial charge in [-0.1, -0.05) is 6.92 Å². The summed E-state index contributed by atoms with van der Waals surface area (Å²) >= 11 is 0. The summed E-state index contributed by atoms with van der Waals surface area (Å²) in [5.41, 5.74) is 1.19. The average molecular weight is 197 g/mol. The zero-order valence-corrected chi connectivity index (χ0v) is 8.90. The second-order valence-corrected chi connectivity index (χ2v) is 3.56. The van der Waals surface area contributed by atoms with Crippen LogP contribution in [0.1, 0.15) is 19.5 Å². The minimum atomic E-state index is 0.236. The fraction of sp³-hybridized carbons (Fsp3) is 0.700. The van der Waals surface area contributed by atoms with Crippen LogP contribution in [0.25, 0.3) is 0 Å². The summed E-state index contributed by atoms with van der Waals surface area (Å²) in [6.07, 6.45) is 1.82. The number of aryl methyl sites for hydroxylation is 1. The van der Waals surface area contributed by atoms with E-state index in [0.717, 1.165) is 19.6 Å². The number of nitrogens with zero attached hydrogens (tertiary/aromatic N) is 2. The Bertz CT molecular complexity index is 260. The van der Waals surface area contributed by atoms with E-state index in [1.807, 2.05) is 23.9 Å². The van der Waals surface area contributed by atoms with Gasteiger partial charge in [0, 0.05) is 32.4 Å². The Kier molecular flexibility index (Phi) is 4.62. The maximum Gasteiger partial charge on any atom is 0.0521 e. The molecule has 4 nitrogen and oxygen atoms in total. The lowest BCUT2D eigenvalue weighted by Crippen LogP contribution is -2.24. The molecule has 0 aromatic carbocycles. The largest absolute Gasteiger partial charge is 0.396 e. The lowest BCUT2D eigenvalue weighted by atomic mass is 10.2. The Morgan fingerprint density at radius 2 is 2.43 bits per heavy atom. The Balaban J connectivity index is 2.31. The molecule has 1 aromatic rings. The van der Waals surface area contributed by atoms with Crippen LogP contribution in [0.3, 0.4) is 0 Å². The van der Waals surface area contributed by atoms with Crippen LogP contribution in [0.4, 0.5) is 0 Å². The van der Waals surface area contributed by atoms with Crippen LogP contribution in [0.15, 0.2) is 12.3 Å². The Morgan fingerprint density at radius 3 is 3.07 bits per heavy atom. The normalized spacial score (nSPS) is 13.1. The molecule has 2 N–H and O–H groups in total.